The lowest BCUT2D eigenvalue weighted by molar-refractivity contribution is 0.192. The van der Waals surface area contributed by atoms with Gasteiger partial charge >= 0.3 is 0 Å². The Morgan fingerprint density at radius 1 is 1.53 bits per heavy atom. The number of halogens is 2. The predicted octanol–water partition coefficient (Wildman–Crippen LogP) is 4.33. The van der Waals surface area contributed by atoms with Crippen LogP contribution in [0.5, 0.6) is 5.75 Å². The van der Waals surface area contributed by atoms with Gasteiger partial charge in [0.1, 0.15) is 17.7 Å². The van der Waals surface area contributed by atoms with Crippen molar-refractivity contribution in [3.05, 3.63) is 29.6 Å². The smallest absolute Gasteiger partial charge is 0.123 e. The SMILES string of the molecule is CCC(CC1Cc2cc(F)ccc2O1)C(C)Br. The largest absolute Gasteiger partial charge is 0.490 e. The molecule has 0 radical (unpaired) electrons. The molecule has 94 valence electrons. The third kappa shape index (κ3) is 3.01. The Balaban J connectivity index is 2.00. The fourth-order valence-corrected chi connectivity index (χ4v) is 3.03. The Morgan fingerprint density at radius 3 is 2.94 bits per heavy atom. The predicted molar refractivity (Wildman–Crippen MR) is 71.3 cm³/mol. The Morgan fingerprint density at radius 2 is 2.29 bits per heavy atom. The second kappa shape index (κ2) is 5.38. The summed E-state index contributed by atoms with van der Waals surface area (Å²) >= 11 is 3.64. The molecule has 0 bridgehead atoms. The van der Waals surface area contributed by atoms with Gasteiger partial charge in [0.2, 0.25) is 0 Å². The molecule has 1 aromatic carbocycles. The maximum atomic E-state index is 13.1. The van der Waals surface area contributed by atoms with Gasteiger partial charge in [-0.15, -0.1) is 0 Å². The van der Waals surface area contributed by atoms with Crippen molar-refractivity contribution < 1.29 is 9.13 Å². The summed E-state index contributed by atoms with van der Waals surface area (Å²) in [4.78, 5) is 0.497. The minimum atomic E-state index is -0.172. The Bertz CT molecular complexity index is 392. The van der Waals surface area contributed by atoms with Gasteiger partial charge in [-0.3, -0.25) is 0 Å². The first-order chi connectivity index (χ1) is 8.10. The zero-order chi connectivity index (χ0) is 12.4. The van der Waals surface area contributed by atoms with Crippen LogP contribution in [0.3, 0.4) is 0 Å². The molecule has 1 nitrogen and oxygen atoms in total. The van der Waals surface area contributed by atoms with E-state index in [4.69, 9.17) is 4.74 Å². The number of fused-ring (bicyclic) bond motifs is 1. The number of hydrogen-bond acceptors (Lipinski definition) is 1. The molecule has 1 aromatic rings. The van der Waals surface area contributed by atoms with E-state index in [1.54, 1.807) is 12.1 Å². The first-order valence-electron chi connectivity index (χ1n) is 6.19. The second-order valence-electron chi connectivity index (χ2n) is 4.78. The molecule has 3 unspecified atom stereocenters. The van der Waals surface area contributed by atoms with E-state index in [0.29, 0.717) is 10.7 Å². The van der Waals surface area contributed by atoms with Crippen molar-refractivity contribution in [1.29, 1.82) is 0 Å². The summed E-state index contributed by atoms with van der Waals surface area (Å²) in [6, 6.07) is 4.79. The standard InChI is InChI=1S/C14H18BrFO/c1-3-10(9(2)15)7-13-8-11-6-12(16)4-5-14(11)17-13/h4-6,9-10,13H,3,7-8H2,1-2H3. The first-order valence-corrected chi connectivity index (χ1v) is 7.11. The quantitative estimate of drug-likeness (QED) is 0.752. The van der Waals surface area contributed by atoms with Gasteiger partial charge < -0.3 is 4.74 Å². The molecule has 3 heteroatoms. The molecule has 0 spiro atoms. The van der Waals surface area contributed by atoms with Gasteiger partial charge in [0.25, 0.3) is 0 Å². The van der Waals surface area contributed by atoms with E-state index >= 15 is 0 Å². The fraction of sp³-hybridized carbons (Fsp3) is 0.571. The molecular formula is C14H18BrFO. The molecule has 2 rings (SSSR count). The number of rotatable bonds is 4. The lowest BCUT2D eigenvalue weighted by Crippen LogP contribution is -2.22. The Hall–Kier alpha value is -0.570. The zero-order valence-corrected chi connectivity index (χ0v) is 11.8. The van der Waals surface area contributed by atoms with Crippen molar-refractivity contribution in [1.82, 2.24) is 0 Å². The normalized spacial score (nSPS) is 21.8. The van der Waals surface area contributed by atoms with Crippen molar-refractivity contribution in [3.63, 3.8) is 0 Å². The van der Waals surface area contributed by atoms with E-state index < -0.39 is 0 Å². The van der Waals surface area contributed by atoms with Crippen LogP contribution in [-0.4, -0.2) is 10.9 Å². The average molecular weight is 301 g/mol. The molecule has 17 heavy (non-hydrogen) atoms. The number of benzene rings is 1. The average Bonchev–Trinajstić information content (AvgIpc) is 2.66. The van der Waals surface area contributed by atoms with Crippen LogP contribution < -0.4 is 4.74 Å². The maximum absolute atomic E-state index is 13.1. The van der Waals surface area contributed by atoms with E-state index in [-0.39, 0.29) is 11.9 Å². The van der Waals surface area contributed by atoms with Gasteiger partial charge in [-0.1, -0.05) is 36.2 Å². The molecule has 0 saturated heterocycles. The third-order valence-electron chi connectivity index (χ3n) is 3.50. The molecule has 1 heterocycles. The summed E-state index contributed by atoms with van der Waals surface area (Å²) in [5.41, 5.74) is 1.01. The lowest BCUT2D eigenvalue weighted by atomic mass is 9.94. The van der Waals surface area contributed by atoms with E-state index in [1.807, 2.05) is 0 Å². The topological polar surface area (TPSA) is 9.23 Å². The third-order valence-corrected chi connectivity index (χ3v) is 4.25. The summed E-state index contributed by atoms with van der Waals surface area (Å²) in [6.45, 7) is 4.38. The van der Waals surface area contributed by atoms with E-state index in [9.17, 15) is 4.39 Å². The van der Waals surface area contributed by atoms with Gasteiger partial charge in [-0.2, -0.15) is 0 Å². The molecule has 0 N–H and O–H groups in total. The van der Waals surface area contributed by atoms with Crippen LogP contribution in [-0.2, 0) is 6.42 Å². The molecule has 3 atom stereocenters. The van der Waals surface area contributed by atoms with E-state index in [0.717, 1.165) is 30.6 Å². The van der Waals surface area contributed by atoms with Gasteiger partial charge in [-0.25, -0.2) is 4.39 Å². The molecule has 0 amide bonds. The second-order valence-corrected chi connectivity index (χ2v) is 6.22. The van der Waals surface area contributed by atoms with Crippen molar-refractivity contribution in [2.24, 2.45) is 5.92 Å². The van der Waals surface area contributed by atoms with Crippen LogP contribution >= 0.6 is 15.9 Å². The molecule has 0 aliphatic carbocycles. The summed E-state index contributed by atoms with van der Waals surface area (Å²) < 4.78 is 18.9. The summed E-state index contributed by atoms with van der Waals surface area (Å²) in [5, 5.41) is 0. The Labute approximate surface area is 110 Å². The molecular weight excluding hydrogens is 283 g/mol. The van der Waals surface area contributed by atoms with Crippen LogP contribution in [0, 0.1) is 11.7 Å². The van der Waals surface area contributed by atoms with E-state index in [1.165, 1.54) is 6.07 Å². The number of hydrogen-bond donors (Lipinski definition) is 0. The van der Waals surface area contributed by atoms with Crippen molar-refractivity contribution in [2.45, 2.75) is 44.0 Å². The zero-order valence-electron chi connectivity index (χ0n) is 10.2. The number of alkyl halides is 1. The van der Waals surface area contributed by atoms with Gasteiger partial charge in [0.05, 0.1) is 0 Å². The van der Waals surface area contributed by atoms with Crippen LogP contribution in [0.1, 0.15) is 32.3 Å². The van der Waals surface area contributed by atoms with Crippen molar-refractivity contribution in [3.8, 4) is 5.75 Å². The first kappa shape index (κ1) is 12.9. The van der Waals surface area contributed by atoms with Gasteiger partial charge in [0.15, 0.2) is 0 Å². The highest BCUT2D eigenvalue weighted by molar-refractivity contribution is 9.09. The van der Waals surface area contributed by atoms with Crippen LogP contribution in [0.15, 0.2) is 18.2 Å². The maximum Gasteiger partial charge on any atom is 0.123 e. The van der Waals surface area contributed by atoms with Crippen molar-refractivity contribution in [2.75, 3.05) is 0 Å². The summed E-state index contributed by atoms with van der Waals surface area (Å²) in [6.07, 6.45) is 3.20. The highest BCUT2D eigenvalue weighted by atomic mass is 79.9. The van der Waals surface area contributed by atoms with Gasteiger partial charge in [0, 0.05) is 16.8 Å². The minimum Gasteiger partial charge on any atom is -0.490 e. The van der Waals surface area contributed by atoms with Crippen LogP contribution in [0.25, 0.3) is 0 Å². The monoisotopic (exact) mass is 300 g/mol. The molecule has 1 aliphatic rings. The Kier molecular flexibility index (Phi) is 4.08. The van der Waals surface area contributed by atoms with Gasteiger partial charge in [-0.05, 0) is 30.5 Å². The molecule has 0 saturated carbocycles. The summed E-state index contributed by atoms with van der Waals surface area (Å²) in [7, 11) is 0. The molecule has 1 aliphatic heterocycles. The van der Waals surface area contributed by atoms with Crippen LogP contribution in [0.2, 0.25) is 0 Å². The number of ether oxygens (including phenoxy) is 1. The highest BCUT2D eigenvalue weighted by Gasteiger charge is 2.27. The van der Waals surface area contributed by atoms with Crippen LogP contribution in [0.4, 0.5) is 4.39 Å². The van der Waals surface area contributed by atoms with Crippen molar-refractivity contribution >= 4 is 15.9 Å². The summed E-state index contributed by atoms with van der Waals surface area (Å²) in [5.74, 6) is 1.29. The fourth-order valence-electron chi connectivity index (χ4n) is 2.44. The minimum absolute atomic E-state index is 0.172. The molecule has 0 aromatic heterocycles. The van der Waals surface area contributed by atoms with E-state index in [2.05, 4.69) is 29.8 Å². The lowest BCUT2D eigenvalue weighted by Gasteiger charge is -2.21. The highest BCUT2D eigenvalue weighted by Crippen LogP contribution is 2.33. The molecule has 0 fully saturated rings.